The van der Waals surface area contributed by atoms with Gasteiger partial charge in [-0.25, -0.2) is 0 Å². The number of carbonyl (C=O) groups is 1. The van der Waals surface area contributed by atoms with Crippen LogP contribution >= 0.6 is 0 Å². The maximum Gasteiger partial charge on any atom is 0.248 e. The number of anilines is 1. The molecule has 0 radical (unpaired) electrons. The van der Waals surface area contributed by atoms with E-state index in [0.717, 1.165) is 22.6 Å². The Bertz CT molecular complexity index is 609. The Hall–Kier alpha value is -2.49. The topological polar surface area (TPSA) is 78.3 Å². The van der Waals surface area contributed by atoms with Crippen LogP contribution in [0, 0.1) is 6.92 Å². The van der Waals surface area contributed by atoms with Gasteiger partial charge in [0, 0.05) is 11.3 Å². The summed E-state index contributed by atoms with van der Waals surface area (Å²) in [6, 6.07) is 12.6. The third-order valence-electron chi connectivity index (χ3n) is 2.86. The van der Waals surface area contributed by atoms with Crippen molar-refractivity contribution in [2.24, 2.45) is 5.73 Å². The molecule has 2 aromatic carbocycles. The Kier molecular flexibility index (Phi) is 3.71. The fraction of sp³-hybridized carbons (Fsp3) is 0.133. The quantitative estimate of drug-likeness (QED) is 0.823. The average molecular weight is 256 g/mol. The molecule has 0 aliphatic heterocycles. The van der Waals surface area contributed by atoms with E-state index in [1.807, 2.05) is 31.2 Å². The van der Waals surface area contributed by atoms with Crippen molar-refractivity contribution < 1.29 is 9.53 Å². The van der Waals surface area contributed by atoms with E-state index in [1.54, 1.807) is 18.2 Å². The molecule has 2 rings (SSSR count). The first-order valence-electron chi connectivity index (χ1n) is 5.94. The lowest BCUT2D eigenvalue weighted by atomic mass is 10.1. The number of carbonyl (C=O) groups excluding carboxylic acids is 1. The molecule has 0 aliphatic rings. The minimum Gasteiger partial charge on any atom is -0.489 e. The molecule has 0 saturated carbocycles. The largest absolute Gasteiger partial charge is 0.489 e. The molecule has 0 atom stereocenters. The third-order valence-corrected chi connectivity index (χ3v) is 2.86. The highest BCUT2D eigenvalue weighted by Gasteiger charge is 2.03. The lowest BCUT2D eigenvalue weighted by Gasteiger charge is -2.09. The smallest absolute Gasteiger partial charge is 0.248 e. The minimum absolute atomic E-state index is 0.379. The summed E-state index contributed by atoms with van der Waals surface area (Å²) in [6.07, 6.45) is 0. The van der Waals surface area contributed by atoms with Crippen molar-refractivity contribution >= 4 is 11.6 Å². The highest BCUT2D eigenvalue weighted by molar-refractivity contribution is 5.92. The molecule has 0 bridgehead atoms. The van der Waals surface area contributed by atoms with Crippen molar-refractivity contribution in [1.29, 1.82) is 0 Å². The van der Waals surface area contributed by atoms with Gasteiger partial charge in [-0.05, 0) is 48.4 Å². The summed E-state index contributed by atoms with van der Waals surface area (Å²) in [4.78, 5) is 11.1. The second kappa shape index (κ2) is 5.44. The van der Waals surface area contributed by atoms with Gasteiger partial charge in [-0.15, -0.1) is 0 Å². The standard InChI is InChI=1S/C15H16N2O2/c1-10-7-13(5-6-14(10)16)19-9-11-3-2-4-12(8-11)15(17)18/h2-8H,9,16H2,1H3,(H2,17,18). The van der Waals surface area contributed by atoms with Gasteiger partial charge in [0.05, 0.1) is 0 Å². The maximum absolute atomic E-state index is 11.1. The number of aryl methyl sites for hydroxylation is 1. The first-order chi connectivity index (χ1) is 9.06. The lowest BCUT2D eigenvalue weighted by Crippen LogP contribution is -2.11. The molecule has 0 saturated heterocycles. The predicted octanol–water partition coefficient (Wildman–Crippen LogP) is 2.26. The fourth-order valence-corrected chi connectivity index (χ4v) is 1.72. The highest BCUT2D eigenvalue weighted by Crippen LogP contribution is 2.19. The minimum atomic E-state index is -0.440. The fourth-order valence-electron chi connectivity index (χ4n) is 1.72. The Balaban J connectivity index is 2.07. The van der Waals surface area contributed by atoms with E-state index in [4.69, 9.17) is 16.2 Å². The van der Waals surface area contributed by atoms with Crippen molar-refractivity contribution in [1.82, 2.24) is 0 Å². The Morgan fingerprint density at radius 3 is 2.68 bits per heavy atom. The van der Waals surface area contributed by atoms with Gasteiger partial charge in [0.25, 0.3) is 0 Å². The normalized spacial score (nSPS) is 10.2. The van der Waals surface area contributed by atoms with Crippen LogP contribution in [-0.4, -0.2) is 5.91 Å². The second-order valence-corrected chi connectivity index (χ2v) is 4.37. The zero-order valence-corrected chi connectivity index (χ0v) is 10.7. The van der Waals surface area contributed by atoms with Gasteiger partial charge in [0.2, 0.25) is 5.91 Å². The summed E-state index contributed by atoms with van der Waals surface area (Å²) in [7, 11) is 0. The van der Waals surface area contributed by atoms with Crippen LogP contribution < -0.4 is 16.2 Å². The van der Waals surface area contributed by atoms with Gasteiger partial charge < -0.3 is 16.2 Å². The molecule has 0 fully saturated rings. The number of nitrogen functional groups attached to an aromatic ring is 1. The molecule has 98 valence electrons. The SMILES string of the molecule is Cc1cc(OCc2cccc(C(N)=O)c2)ccc1N. The number of hydrogen-bond donors (Lipinski definition) is 2. The van der Waals surface area contributed by atoms with Crippen molar-refractivity contribution in [2.75, 3.05) is 5.73 Å². The number of hydrogen-bond acceptors (Lipinski definition) is 3. The van der Waals surface area contributed by atoms with E-state index >= 15 is 0 Å². The zero-order valence-electron chi connectivity index (χ0n) is 10.7. The van der Waals surface area contributed by atoms with Crippen molar-refractivity contribution in [3.8, 4) is 5.75 Å². The van der Waals surface area contributed by atoms with Gasteiger partial charge in [0.15, 0.2) is 0 Å². The van der Waals surface area contributed by atoms with Crippen LogP contribution in [0.4, 0.5) is 5.69 Å². The molecular formula is C15H16N2O2. The van der Waals surface area contributed by atoms with Crippen LogP contribution in [0.1, 0.15) is 21.5 Å². The molecule has 19 heavy (non-hydrogen) atoms. The molecule has 0 unspecified atom stereocenters. The van der Waals surface area contributed by atoms with E-state index in [9.17, 15) is 4.79 Å². The number of primary amides is 1. The Morgan fingerprint density at radius 1 is 1.21 bits per heavy atom. The van der Waals surface area contributed by atoms with E-state index in [1.165, 1.54) is 0 Å². The molecule has 4 N–H and O–H groups in total. The van der Waals surface area contributed by atoms with Gasteiger partial charge in [0.1, 0.15) is 12.4 Å². The first-order valence-corrected chi connectivity index (χ1v) is 5.94. The number of benzene rings is 2. The Labute approximate surface area is 112 Å². The molecule has 0 aliphatic carbocycles. The molecule has 0 heterocycles. The molecule has 1 amide bonds. The summed E-state index contributed by atoms with van der Waals surface area (Å²) in [5, 5.41) is 0. The van der Waals surface area contributed by atoms with Crippen molar-refractivity contribution in [3.05, 3.63) is 59.2 Å². The molecule has 0 spiro atoms. The third kappa shape index (κ3) is 3.25. The van der Waals surface area contributed by atoms with Gasteiger partial charge in [-0.2, -0.15) is 0 Å². The molecule has 2 aromatic rings. The molecule has 4 heteroatoms. The van der Waals surface area contributed by atoms with E-state index in [2.05, 4.69) is 0 Å². The van der Waals surface area contributed by atoms with Crippen LogP contribution in [0.2, 0.25) is 0 Å². The number of ether oxygens (including phenoxy) is 1. The molecule has 0 aromatic heterocycles. The molecule has 4 nitrogen and oxygen atoms in total. The van der Waals surface area contributed by atoms with Crippen LogP contribution in [-0.2, 0) is 6.61 Å². The van der Waals surface area contributed by atoms with Crippen molar-refractivity contribution in [2.45, 2.75) is 13.5 Å². The summed E-state index contributed by atoms with van der Waals surface area (Å²) in [5.74, 6) is 0.307. The van der Waals surface area contributed by atoms with E-state index in [-0.39, 0.29) is 0 Å². The van der Waals surface area contributed by atoms with Crippen LogP contribution in [0.5, 0.6) is 5.75 Å². The molecular weight excluding hydrogens is 240 g/mol. The summed E-state index contributed by atoms with van der Waals surface area (Å²) in [6.45, 7) is 2.31. The number of nitrogens with two attached hydrogens (primary N) is 2. The second-order valence-electron chi connectivity index (χ2n) is 4.37. The van der Waals surface area contributed by atoms with Crippen LogP contribution in [0.25, 0.3) is 0 Å². The summed E-state index contributed by atoms with van der Waals surface area (Å²) >= 11 is 0. The van der Waals surface area contributed by atoms with Crippen LogP contribution in [0.3, 0.4) is 0 Å². The van der Waals surface area contributed by atoms with E-state index in [0.29, 0.717) is 12.2 Å². The van der Waals surface area contributed by atoms with Crippen molar-refractivity contribution in [3.63, 3.8) is 0 Å². The van der Waals surface area contributed by atoms with Gasteiger partial charge in [-0.1, -0.05) is 12.1 Å². The van der Waals surface area contributed by atoms with Gasteiger partial charge in [-0.3, -0.25) is 4.79 Å². The van der Waals surface area contributed by atoms with E-state index < -0.39 is 5.91 Å². The first kappa shape index (κ1) is 13.0. The number of amides is 1. The van der Waals surface area contributed by atoms with Crippen LogP contribution in [0.15, 0.2) is 42.5 Å². The summed E-state index contributed by atoms with van der Waals surface area (Å²) in [5.41, 5.74) is 14.1. The maximum atomic E-state index is 11.1. The lowest BCUT2D eigenvalue weighted by molar-refractivity contribution is 0.1000. The predicted molar refractivity (Wildman–Crippen MR) is 74.9 cm³/mol. The number of rotatable bonds is 4. The monoisotopic (exact) mass is 256 g/mol. The zero-order chi connectivity index (χ0) is 13.8. The van der Waals surface area contributed by atoms with Gasteiger partial charge >= 0.3 is 0 Å². The average Bonchev–Trinajstić information content (AvgIpc) is 2.40. The summed E-state index contributed by atoms with van der Waals surface area (Å²) < 4.78 is 5.65. The highest BCUT2D eigenvalue weighted by atomic mass is 16.5. The Morgan fingerprint density at radius 2 is 2.00 bits per heavy atom.